The van der Waals surface area contributed by atoms with E-state index in [9.17, 15) is 4.79 Å². The molecule has 0 aliphatic heterocycles. The highest BCUT2D eigenvalue weighted by Crippen LogP contribution is 2.27. The molecule has 2 rings (SSSR count). The van der Waals surface area contributed by atoms with Crippen LogP contribution in [-0.4, -0.2) is 25.7 Å². The van der Waals surface area contributed by atoms with Gasteiger partial charge in [0.1, 0.15) is 0 Å². The number of nitrogens with two attached hydrogens (primary N) is 1. The third kappa shape index (κ3) is 2.80. The third-order valence-electron chi connectivity index (χ3n) is 2.58. The number of thiophene rings is 1. The molecule has 4 nitrogen and oxygen atoms in total. The van der Waals surface area contributed by atoms with Crippen molar-refractivity contribution in [1.29, 1.82) is 0 Å². The molecule has 0 aliphatic rings. The van der Waals surface area contributed by atoms with Gasteiger partial charge in [0.15, 0.2) is 0 Å². The molecular formula is C13H16N2O2S. The summed E-state index contributed by atoms with van der Waals surface area (Å²) in [5.41, 5.74) is 7.13. The molecule has 0 aliphatic carbocycles. The first-order valence-electron chi connectivity index (χ1n) is 5.85. The van der Waals surface area contributed by atoms with Crippen LogP contribution in [0.2, 0.25) is 0 Å². The van der Waals surface area contributed by atoms with Crippen molar-refractivity contribution in [2.45, 2.75) is 6.92 Å². The summed E-state index contributed by atoms with van der Waals surface area (Å²) < 4.78 is 6.21. The first kappa shape index (κ1) is 12.9. The summed E-state index contributed by atoms with van der Waals surface area (Å²) in [7, 11) is 0. The molecule has 1 aromatic heterocycles. The lowest BCUT2D eigenvalue weighted by molar-refractivity contribution is 0.0924. The van der Waals surface area contributed by atoms with Crippen LogP contribution in [0.1, 0.15) is 17.3 Å². The molecule has 1 amide bonds. The van der Waals surface area contributed by atoms with Crippen molar-refractivity contribution in [3.63, 3.8) is 0 Å². The number of carbonyl (C=O) groups is 1. The van der Waals surface area contributed by atoms with Gasteiger partial charge >= 0.3 is 0 Å². The van der Waals surface area contributed by atoms with Gasteiger partial charge in [-0.15, -0.1) is 11.3 Å². The standard InChI is InChI=1S/C13H16N2O2S/c1-2-17-6-5-15-13(16)11-8-18-12-7-9(14)3-4-10(11)12/h3-4,7-8H,2,5-6,14H2,1H3,(H,15,16). The van der Waals surface area contributed by atoms with Gasteiger partial charge in [0.05, 0.1) is 12.2 Å². The van der Waals surface area contributed by atoms with Crippen LogP contribution in [0, 0.1) is 0 Å². The highest BCUT2D eigenvalue weighted by atomic mass is 32.1. The minimum Gasteiger partial charge on any atom is -0.399 e. The van der Waals surface area contributed by atoms with Gasteiger partial charge in [-0.25, -0.2) is 0 Å². The Labute approximate surface area is 110 Å². The average Bonchev–Trinajstić information content (AvgIpc) is 2.77. The number of carbonyl (C=O) groups excluding carboxylic acids is 1. The average molecular weight is 264 g/mol. The molecule has 0 spiro atoms. The molecule has 0 bridgehead atoms. The van der Waals surface area contributed by atoms with E-state index in [1.54, 1.807) is 0 Å². The van der Waals surface area contributed by atoms with Crippen molar-refractivity contribution in [3.05, 3.63) is 29.1 Å². The van der Waals surface area contributed by atoms with Gasteiger partial charge < -0.3 is 15.8 Å². The minimum atomic E-state index is -0.0641. The van der Waals surface area contributed by atoms with E-state index in [2.05, 4.69) is 5.32 Å². The SMILES string of the molecule is CCOCCNC(=O)c1csc2cc(N)ccc12. The number of anilines is 1. The monoisotopic (exact) mass is 264 g/mol. The molecule has 5 heteroatoms. The molecule has 1 aromatic carbocycles. The highest BCUT2D eigenvalue weighted by Gasteiger charge is 2.11. The maximum Gasteiger partial charge on any atom is 0.252 e. The van der Waals surface area contributed by atoms with E-state index in [0.29, 0.717) is 31.0 Å². The molecule has 96 valence electrons. The van der Waals surface area contributed by atoms with Gasteiger partial charge in [-0.1, -0.05) is 6.07 Å². The van der Waals surface area contributed by atoms with Crippen molar-refractivity contribution < 1.29 is 9.53 Å². The fourth-order valence-electron chi connectivity index (χ4n) is 1.70. The summed E-state index contributed by atoms with van der Waals surface area (Å²) in [6, 6.07) is 5.58. The first-order chi connectivity index (χ1) is 8.72. The van der Waals surface area contributed by atoms with Crippen LogP contribution in [0.5, 0.6) is 0 Å². The Morgan fingerprint density at radius 2 is 2.33 bits per heavy atom. The number of rotatable bonds is 5. The second kappa shape index (κ2) is 5.84. The number of nitrogens with one attached hydrogen (secondary N) is 1. The fraction of sp³-hybridized carbons (Fsp3) is 0.308. The number of nitrogen functional groups attached to an aromatic ring is 1. The molecule has 0 unspecified atom stereocenters. The van der Waals surface area contributed by atoms with Gasteiger partial charge in [0.2, 0.25) is 0 Å². The van der Waals surface area contributed by atoms with Crippen molar-refractivity contribution in [1.82, 2.24) is 5.32 Å². The van der Waals surface area contributed by atoms with Crippen LogP contribution in [-0.2, 0) is 4.74 Å². The van der Waals surface area contributed by atoms with E-state index in [-0.39, 0.29) is 5.91 Å². The predicted molar refractivity (Wildman–Crippen MR) is 75.1 cm³/mol. The van der Waals surface area contributed by atoms with Gasteiger partial charge in [0, 0.05) is 34.3 Å². The Bertz CT molecular complexity index is 551. The lowest BCUT2D eigenvalue weighted by atomic mass is 10.1. The Balaban J connectivity index is 2.08. The van der Waals surface area contributed by atoms with Gasteiger partial charge in [-0.2, -0.15) is 0 Å². The maximum atomic E-state index is 12.0. The van der Waals surface area contributed by atoms with E-state index in [1.807, 2.05) is 30.5 Å². The van der Waals surface area contributed by atoms with Gasteiger partial charge in [0.25, 0.3) is 5.91 Å². The Morgan fingerprint density at radius 1 is 1.50 bits per heavy atom. The van der Waals surface area contributed by atoms with E-state index in [4.69, 9.17) is 10.5 Å². The van der Waals surface area contributed by atoms with Crippen LogP contribution < -0.4 is 11.1 Å². The second-order valence-corrected chi connectivity index (χ2v) is 4.77. The Morgan fingerprint density at radius 3 is 3.11 bits per heavy atom. The van der Waals surface area contributed by atoms with Crippen LogP contribution in [0.4, 0.5) is 5.69 Å². The maximum absolute atomic E-state index is 12.0. The van der Waals surface area contributed by atoms with E-state index in [1.165, 1.54) is 11.3 Å². The largest absolute Gasteiger partial charge is 0.399 e. The summed E-state index contributed by atoms with van der Waals surface area (Å²) >= 11 is 1.53. The highest BCUT2D eigenvalue weighted by molar-refractivity contribution is 7.17. The predicted octanol–water partition coefficient (Wildman–Crippen LogP) is 2.25. The quantitative estimate of drug-likeness (QED) is 0.643. The number of amides is 1. The number of hydrogen-bond donors (Lipinski definition) is 2. The zero-order valence-electron chi connectivity index (χ0n) is 10.2. The zero-order valence-corrected chi connectivity index (χ0v) is 11.0. The van der Waals surface area contributed by atoms with E-state index >= 15 is 0 Å². The normalized spacial score (nSPS) is 10.7. The molecule has 0 atom stereocenters. The molecule has 3 N–H and O–H groups in total. The summed E-state index contributed by atoms with van der Waals surface area (Å²) in [5.74, 6) is -0.0641. The third-order valence-corrected chi connectivity index (χ3v) is 3.53. The Hall–Kier alpha value is -1.59. The topological polar surface area (TPSA) is 64.3 Å². The minimum absolute atomic E-state index is 0.0641. The molecule has 0 radical (unpaired) electrons. The first-order valence-corrected chi connectivity index (χ1v) is 6.73. The van der Waals surface area contributed by atoms with Crippen molar-refractivity contribution in [3.8, 4) is 0 Å². The summed E-state index contributed by atoms with van der Waals surface area (Å²) in [5, 5.41) is 5.65. The second-order valence-electron chi connectivity index (χ2n) is 3.86. The lowest BCUT2D eigenvalue weighted by Crippen LogP contribution is -2.27. The number of hydrogen-bond acceptors (Lipinski definition) is 4. The molecule has 0 saturated heterocycles. The van der Waals surface area contributed by atoms with Gasteiger partial charge in [-0.3, -0.25) is 4.79 Å². The van der Waals surface area contributed by atoms with E-state index in [0.717, 1.165) is 10.1 Å². The molecule has 18 heavy (non-hydrogen) atoms. The van der Waals surface area contributed by atoms with Crippen molar-refractivity contribution in [2.24, 2.45) is 0 Å². The number of ether oxygens (including phenoxy) is 1. The van der Waals surface area contributed by atoms with Crippen LogP contribution in [0.15, 0.2) is 23.6 Å². The molecule has 0 fully saturated rings. The molecule has 2 aromatic rings. The molecular weight excluding hydrogens is 248 g/mol. The van der Waals surface area contributed by atoms with Crippen LogP contribution in [0.25, 0.3) is 10.1 Å². The van der Waals surface area contributed by atoms with Gasteiger partial charge in [-0.05, 0) is 19.1 Å². The zero-order chi connectivity index (χ0) is 13.0. The van der Waals surface area contributed by atoms with Crippen molar-refractivity contribution >= 4 is 33.0 Å². The van der Waals surface area contributed by atoms with Crippen molar-refractivity contribution in [2.75, 3.05) is 25.5 Å². The summed E-state index contributed by atoms with van der Waals surface area (Å²) in [6.45, 7) is 3.66. The van der Waals surface area contributed by atoms with E-state index < -0.39 is 0 Å². The molecule has 1 heterocycles. The number of benzene rings is 1. The lowest BCUT2D eigenvalue weighted by Gasteiger charge is -2.04. The smallest absolute Gasteiger partial charge is 0.252 e. The fourth-order valence-corrected chi connectivity index (χ4v) is 2.68. The van der Waals surface area contributed by atoms with Crippen LogP contribution in [0.3, 0.4) is 0 Å². The number of fused-ring (bicyclic) bond motifs is 1. The summed E-state index contributed by atoms with van der Waals surface area (Å²) in [4.78, 5) is 12.0. The summed E-state index contributed by atoms with van der Waals surface area (Å²) in [6.07, 6.45) is 0. The Kier molecular flexibility index (Phi) is 4.17. The van der Waals surface area contributed by atoms with Crippen LogP contribution >= 0.6 is 11.3 Å². The molecule has 0 saturated carbocycles.